The standard InChI is InChI=1S/C14H6Cl9/c15-11(16,12(17,18)13(19,20)14(21,22)23)10-6-5-8-3-1-2-4-9(8)7-10/h1-6H. The zero-order chi connectivity index (χ0) is 17.7. The summed E-state index contributed by atoms with van der Waals surface area (Å²) in [5, 5.41) is 1.66. The summed E-state index contributed by atoms with van der Waals surface area (Å²) in [5.41, 5.74) is 0.226. The van der Waals surface area contributed by atoms with E-state index in [2.05, 4.69) is 6.07 Å². The van der Waals surface area contributed by atoms with Crippen molar-refractivity contribution in [3.63, 3.8) is 0 Å². The average Bonchev–Trinajstić information content (AvgIpc) is 2.45. The molecule has 0 saturated heterocycles. The second-order valence-corrected chi connectivity index (χ2v) is 10.9. The number of halogens is 9. The summed E-state index contributed by atoms with van der Waals surface area (Å²) in [7, 11) is 0. The van der Waals surface area contributed by atoms with Gasteiger partial charge in [0.15, 0.2) is 8.67 Å². The lowest BCUT2D eigenvalue weighted by Gasteiger charge is -2.44. The Hall–Kier alpha value is 1.31. The fraction of sp³-hybridized carbons (Fsp3) is 0.286. The Morgan fingerprint density at radius 2 is 1.22 bits per heavy atom. The molecule has 0 atom stereocenters. The third-order valence-electron chi connectivity index (χ3n) is 3.14. The maximum Gasteiger partial charge on any atom is 0.226 e. The third-order valence-corrected chi connectivity index (χ3v) is 8.59. The Balaban J connectivity index is 2.58. The first-order chi connectivity index (χ1) is 10.3. The zero-order valence-electron chi connectivity index (χ0n) is 10.9. The van der Waals surface area contributed by atoms with Crippen molar-refractivity contribution in [2.24, 2.45) is 0 Å². The lowest BCUT2D eigenvalue weighted by atomic mass is 10.0. The molecule has 0 saturated carbocycles. The number of fused-ring (bicyclic) bond motifs is 1. The van der Waals surface area contributed by atoms with Gasteiger partial charge in [0, 0.05) is 0 Å². The van der Waals surface area contributed by atoms with Crippen LogP contribution in [0.15, 0.2) is 36.4 Å². The molecule has 0 N–H and O–H groups in total. The van der Waals surface area contributed by atoms with Gasteiger partial charge in [0.2, 0.25) is 8.13 Å². The smallest absolute Gasteiger partial charge is 0.0943 e. The molecule has 9 heteroatoms. The van der Waals surface area contributed by atoms with Crippen molar-refractivity contribution in [2.75, 3.05) is 0 Å². The Labute approximate surface area is 178 Å². The summed E-state index contributed by atoms with van der Waals surface area (Å²) in [4.78, 5) is 0. The van der Waals surface area contributed by atoms with Gasteiger partial charge >= 0.3 is 0 Å². The van der Waals surface area contributed by atoms with Crippen molar-refractivity contribution in [3.05, 3.63) is 48.0 Å². The molecule has 1 radical (unpaired) electrons. The molecule has 0 aliphatic heterocycles. The van der Waals surface area contributed by atoms with E-state index < -0.39 is 16.8 Å². The summed E-state index contributed by atoms with van der Waals surface area (Å²) >= 11 is 54.7. The first-order valence-electron chi connectivity index (χ1n) is 5.94. The van der Waals surface area contributed by atoms with Crippen molar-refractivity contribution in [1.29, 1.82) is 0 Å². The van der Waals surface area contributed by atoms with E-state index in [0.29, 0.717) is 0 Å². The SMILES string of the molecule is ClC(Cl)(Cl)C(Cl)(Cl)C(Cl)(Cl)C(Cl)(Cl)c1[c]c2ccccc2cc1. The predicted molar refractivity (Wildman–Crippen MR) is 105 cm³/mol. The molecule has 23 heavy (non-hydrogen) atoms. The van der Waals surface area contributed by atoms with Crippen LogP contribution in [0, 0.1) is 6.07 Å². The van der Waals surface area contributed by atoms with E-state index in [4.69, 9.17) is 104 Å². The molecule has 0 spiro atoms. The van der Waals surface area contributed by atoms with E-state index in [0.717, 1.165) is 10.8 Å². The fourth-order valence-corrected chi connectivity index (χ4v) is 4.03. The average molecular weight is 493 g/mol. The molecule has 0 aromatic heterocycles. The molecule has 0 fully saturated rings. The molecule has 2 aromatic carbocycles. The largest absolute Gasteiger partial charge is 0.226 e. The quantitative estimate of drug-likeness (QED) is 0.381. The van der Waals surface area contributed by atoms with Gasteiger partial charge in [0.25, 0.3) is 0 Å². The van der Waals surface area contributed by atoms with Crippen LogP contribution in [-0.4, -0.2) is 12.5 Å². The predicted octanol–water partition coefficient (Wildman–Crippen LogP) is 7.99. The molecule has 0 bridgehead atoms. The Bertz CT molecular complexity index is 716. The van der Waals surface area contributed by atoms with Crippen LogP contribution in [0.3, 0.4) is 0 Å². The minimum atomic E-state index is -2.32. The number of hydrogen-bond donors (Lipinski definition) is 0. The number of hydrogen-bond acceptors (Lipinski definition) is 0. The normalized spacial score (nSPS) is 14.3. The second-order valence-electron chi connectivity index (χ2n) is 4.68. The maximum atomic E-state index is 6.37. The van der Waals surface area contributed by atoms with Crippen LogP contribution < -0.4 is 0 Å². The van der Waals surface area contributed by atoms with Crippen LogP contribution in [0.5, 0.6) is 0 Å². The highest BCUT2D eigenvalue weighted by Crippen LogP contribution is 2.65. The van der Waals surface area contributed by atoms with Gasteiger partial charge < -0.3 is 0 Å². The van der Waals surface area contributed by atoms with Crippen molar-refractivity contribution in [2.45, 2.75) is 16.8 Å². The summed E-state index contributed by atoms with van der Waals surface area (Å²) in [6.45, 7) is 0. The summed E-state index contributed by atoms with van der Waals surface area (Å²) in [6, 6.07) is 13.8. The molecular weight excluding hydrogens is 487 g/mol. The van der Waals surface area contributed by atoms with Crippen LogP contribution in [0.25, 0.3) is 10.8 Å². The molecular formula is C14H6Cl9. The van der Waals surface area contributed by atoms with E-state index in [1.54, 1.807) is 12.1 Å². The number of benzene rings is 2. The van der Waals surface area contributed by atoms with Crippen LogP contribution in [0.1, 0.15) is 5.56 Å². The van der Waals surface area contributed by atoms with Crippen LogP contribution in [-0.2, 0) is 4.33 Å². The first-order valence-corrected chi connectivity index (χ1v) is 9.34. The van der Waals surface area contributed by atoms with Gasteiger partial charge in [0.1, 0.15) is 0 Å². The molecule has 0 amide bonds. The van der Waals surface area contributed by atoms with E-state index in [-0.39, 0.29) is 5.56 Å². The van der Waals surface area contributed by atoms with Crippen LogP contribution in [0.4, 0.5) is 0 Å². The third kappa shape index (κ3) is 3.59. The van der Waals surface area contributed by atoms with Crippen LogP contribution >= 0.6 is 104 Å². The fourth-order valence-electron chi connectivity index (χ4n) is 1.84. The lowest BCUT2D eigenvalue weighted by molar-refractivity contribution is 0.600. The zero-order valence-corrected chi connectivity index (χ0v) is 17.7. The van der Waals surface area contributed by atoms with Crippen molar-refractivity contribution in [3.8, 4) is 0 Å². The van der Waals surface area contributed by atoms with Gasteiger partial charge in [-0.3, -0.25) is 0 Å². The van der Waals surface area contributed by atoms with Gasteiger partial charge in [-0.25, -0.2) is 0 Å². The minimum Gasteiger partial charge on any atom is -0.0943 e. The summed E-state index contributed by atoms with van der Waals surface area (Å²) in [5.74, 6) is 0. The van der Waals surface area contributed by atoms with E-state index >= 15 is 0 Å². The highest BCUT2D eigenvalue weighted by molar-refractivity contribution is 6.80. The molecule has 0 unspecified atom stereocenters. The molecule has 125 valence electrons. The van der Waals surface area contributed by atoms with Gasteiger partial charge in [-0.2, -0.15) is 0 Å². The van der Waals surface area contributed by atoms with Gasteiger partial charge in [0.05, 0.1) is 0 Å². The lowest BCUT2D eigenvalue weighted by Crippen LogP contribution is -2.54. The van der Waals surface area contributed by atoms with Gasteiger partial charge in [-0.1, -0.05) is 141 Å². The van der Waals surface area contributed by atoms with Gasteiger partial charge in [-0.05, 0) is 22.4 Å². The van der Waals surface area contributed by atoms with Crippen molar-refractivity contribution >= 4 is 115 Å². The molecule has 2 aromatic rings. The monoisotopic (exact) mass is 489 g/mol. The summed E-state index contributed by atoms with van der Waals surface area (Å²) in [6.07, 6.45) is 0. The van der Waals surface area contributed by atoms with E-state index in [9.17, 15) is 0 Å². The highest BCUT2D eigenvalue weighted by Gasteiger charge is 2.68. The van der Waals surface area contributed by atoms with Crippen molar-refractivity contribution in [1.82, 2.24) is 0 Å². The minimum absolute atomic E-state index is 0.226. The van der Waals surface area contributed by atoms with Crippen molar-refractivity contribution < 1.29 is 0 Å². The molecule has 0 nitrogen and oxygen atoms in total. The van der Waals surface area contributed by atoms with E-state index in [1.807, 2.05) is 24.3 Å². The maximum absolute atomic E-state index is 6.37. The first kappa shape index (κ1) is 20.6. The molecule has 0 aliphatic carbocycles. The molecule has 0 heterocycles. The highest BCUT2D eigenvalue weighted by atomic mass is 35.6. The van der Waals surface area contributed by atoms with E-state index in [1.165, 1.54) is 0 Å². The van der Waals surface area contributed by atoms with Crippen LogP contribution in [0.2, 0.25) is 0 Å². The molecule has 0 aliphatic rings. The Kier molecular flexibility index (Phi) is 6.10. The molecule has 2 rings (SSSR count). The van der Waals surface area contributed by atoms with Gasteiger partial charge in [-0.15, -0.1) is 0 Å². The Morgan fingerprint density at radius 1 is 0.652 bits per heavy atom. The summed E-state index contributed by atoms with van der Waals surface area (Å²) < 4.78 is -8.88. The Morgan fingerprint density at radius 3 is 1.78 bits per heavy atom. The topological polar surface area (TPSA) is 0 Å². The number of alkyl halides is 9. The second kappa shape index (κ2) is 6.80. The number of rotatable bonds is 3.